The third-order valence-electron chi connectivity index (χ3n) is 5.21. The first-order valence-electron chi connectivity index (χ1n) is 9.22. The number of amides is 1. The van der Waals surface area contributed by atoms with Crippen molar-refractivity contribution in [3.8, 4) is 11.5 Å². The predicted octanol–water partition coefficient (Wildman–Crippen LogP) is 0.854. The van der Waals surface area contributed by atoms with Gasteiger partial charge in [-0.1, -0.05) is 0 Å². The smallest absolute Gasteiger partial charge is 0.251 e. The molecule has 0 aromatic heterocycles. The number of methoxy groups -OCH3 is 2. The van der Waals surface area contributed by atoms with E-state index in [1.165, 1.54) is 0 Å². The summed E-state index contributed by atoms with van der Waals surface area (Å²) in [5, 5.41) is 0. The molecule has 2 fully saturated rings. The molecule has 2 saturated heterocycles. The highest BCUT2D eigenvalue weighted by Gasteiger charge is 2.34. The molecule has 0 saturated carbocycles. The number of ether oxygens (including phenoxy) is 3. The van der Waals surface area contributed by atoms with Gasteiger partial charge >= 0.3 is 0 Å². The third kappa shape index (κ3) is 4.28. The van der Waals surface area contributed by atoms with Crippen LogP contribution >= 0.6 is 0 Å². The van der Waals surface area contributed by atoms with Crippen molar-refractivity contribution < 1.29 is 19.0 Å². The van der Waals surface area contributed by atoms with E-state index < -0.39 is 0 Å². The third-order valence-corrected chi connectivity index (χ3v) is 5.21. The lowest BCUT2D eigenvalue weighted by atomic mass is 10.1. The number of nitrogens with zero attached hydrogens (tertiary/aromatic N) is 2. The van der Waals surface area contributed by atoms with Crippen molar-refractivity contribution in [2.24, 2.45) is 5.73 Å². The summed E-state index contributed by atoms with van der Waals surface area (Å²) in [5.41, 5.74) is 6.73. The van der Waals surface area contributed by atoms with Gasteiger partial charge in [-0.05, 0) is 31.0 Å². The Morgan fingerprint density at radius 1 is 1.19 bits per heavy atom. The molecule has 2 heterocycles. The second-order valence-electron chi connectivity index (χ2n) is 6.84. The molecule has 1 aromatic carbocycles. The summed E-state index contributed by atoms with van der Waals surface area (Å²) < 4.78 is 16.5. The molecule has 144 valence electrons. The molecule has 2 aliphatic rings. The van der Waals surface area contributed by atoms with Crippen molar-refractivity contribution >= 4 is 5.91 Å². The lowest BCUT2D eigenvalue weighted by molar-refractivity contribution is -0.144. The van der Waals surface area contributed by atoms with E-state index in [1.54, 1.807) is 14.2 Å². The van der Waals surface area contributed by atoms with Gasteiger partial charge < -0.3 is 24.8 Å². The van der Waals surface area contributed by atoms with E-state index in [1.807, 2.05) is 23.1 Å². The van der Waals surface area contributed by atoms with Crippen LogP contribution in [0.2, 0.25) is 0 Å². The monoisotopic (exact) mass is 363 g/mol. The molecule has 2 atom stereocenters. The molecule has 7 heteroatoms. The molecule has 0 spiro atoms. The SMILES string of the molecule is COc1ccc(OC)c(CN2CCN(C(=O)[C@@H]3CC[C@H](CN)O3)CC2)c1. The van der Waals surface area contributed by atoms with E-state index >= 15 is 0 Å². The normalized spacial score (nSPS) is 23.9. The highest BCUT2D eigenvalue weighted by atomic mass is 16.5. The number of carbonyl (C=O) groups is 1. The number of piperazine rings is 1. The number of hydrogen-bond acceptors (Lipinski definition) is 6. The van der Waals surface area contributed by atoms with Crippen LogP contribution in [0.1, 0.15) is 18.4 Å². The molecule has 26 heavy (non-hydrogen) atoms. The summed E-state index contributed by atoms with van der Waals surface area (Å²) >= 11 is 0. The Kier molecular flexibility index (Phi) is 6.34. The second-order valence-corrected chi connectivity index (χ2v) is 6.84. The Morgan fingerprint density at radius 2 is 1.96 bits per heavy atom. The van der Waals surface area contributed by atoms with Gasteiger partial charge in [0.2, 0.25) is 0 Å². The fourth-order valence-electron chi connectivity index (χ4n) is 3.64. The first kappa shape index (κ1) is 18.9. The highest BCUT2D eigenvalue weighted by Crippen LogP contribution is 2.26. The Labute approximate surface area is 155 Å². The van der Waals surface area contributed by atoms with Gasteiger partial charge in [0.1, 0.15) is 17.6 Å². The maximum atomic E-state index is 12.6. The molecule has 1 aromatic rings. The Bertz CT molecular complexity index is 617. The van der Waals surface area contributed by atoms with Crippen molar-refractivity contribution in [3.63, 3.8) is 0 Å². The largest absolute Gasteiger partial charge is 0.497 e. The van der Waals surface area contributed by atoms with Gasteiger partial charge in [-0.3, -0.25) is 9.69 Å². The van der Waals surface area contributed by atoms with Gasteiger partial charge in [-0.2, -0.15) is 0 Å². The van der Waals surface area contributed by atoms with Crippen LogP contribution in [0.25, 0.3) is 0 Å². The first-order chi connectivity index (χ1) is 12.6. The van der Waals surface area contributed by atoms with Crippen LogP contribution in [0.15, 0.2) is 18.2 Å². The number of nitrogens with two attached hydrogens (primary N) is 1. The quantitative estimate of drug-likeness (QED) is 0.808. The zero-order chi connectivity index (χ0) is 18.5. The van der Waals surface area contributed by atoms with Crippen LogP contribution in [0, 0.1) is 0 Å². The standard InChI is InChI=1S/C19H29N3O4/c1-24-15-3-5-17(25-2)14(11-15)13-21-7-9-22(10-8-21)19(23)18-6-4-16(12-20)26-18/h3,5,11,16,18H,4,6-10,12-13,20H2,1-2H3/t16-,18+/m1/s1. The molecule has 1 amide bonds. The van der Waals surface area contributed by atoms with Crippen molar-refractivity contribution in [1.82, 2.24) is 9.80 Å². The fourth-order valence-corrected chi connectivity index (χ4v) is 3.64. The number of rotatable bonds is 6. The lowest BCUT2D eigenvalue weighted by Crippen LogP contribution is -2.51. The summed E-state index contributed by atoms with van der Waals surface area (Å²) in [6.07, 6.45) is 1.38. The van der Waals surface area contributed by atoms with E-state index in [4.69, 9.17) is 19.9 Å². The van der Waals surface area contributed by atoms with Crippen LogP contribution in [-0.2, 0) is 16.1 Å². The Balaban J connectivity index is 1.53. The number of carbonyl (C=O) groups excluding carboxylic acids is 1. The molecule has 7 nitrogen and oxygen atoms in total. The van der Waals surface area contributed by atoms with Crippen LogP contribution in [0.5, 0.6) is 11.5 Å². The summed E-state index contributed by atoms with van der Waals surface area (Å²) in [7, 11) is 3.34. The predicted molar refractivity (Wildman–Crippen MR) is 98.4 cm³/mol. The topological polar surface area (TPSA) is 77.3 Å². The minimum Gasteiger partial charge on any atom is -0.497 e. The molecule has 0 radical (unpaired) electrons. The molecular formula is C19H29N3O4. The summed E-state index contributed by atoms with van der Waals surface area (Å²) in [6.45, 7) is 4.37. The molecule has 2 aliphatic heterocycles. The molecule has 0 aliphatic carbocycles. The van der Waals surface area contributed by atoms with E-state index in [0.29, 0.717) is 6.54 Å². The van der Waals surface area contributed by atoms with Gasteiger partial charge in [-0.15, -0.1) is 0 Å². The summed E-state index contributed by atoms with van der Waals surface area (Å²) in [4.78, 5) is 16.9. The van der Waals surface area contributed by atoms with Gasteiger partial charge in [0.05, 0.1) is 20.3 Å². The van der Waals surface area contributed by atoms with Gasteiger partial charge in [0, 0.05) is 44.8 Å². The minimum absolute atomic E-state index is 0.0331. The summed E-state index contributed by atoms with van der Waals surface area (Å²) in [5.74, 6) is 1.79. The average molecular weight is 363 g/mol. The molecule has 3 rings (SSSR count). The molecule has 2 N–H and O–H groups in total. The van der Waals surface area contributed by atoms with E-state index in [9.17, 15) is 4.79 Å². The maximum Gasteiger partial charge on any atom is 0.251 e. The maximum absolute atomic E-state index is 12.6. The van der Waals surface area contributed by atoms with Crippen molar-refractivity contribution in [2.75, 3.05) is 46.9 Å². The highest BCUT2D eigenvalue weighted by molar-refractivity contribution is 5.81. The van der Waals surface area contributed by atoms with Gasteiger partial charge in [0.15, 0.2) is 0 Å². The van der Waals surface area contributed by atoms with E-state index in [0.717, 1.165) is 62.6 Å². The lowest BCUT2D eigenvalue weighted by Gasteiger charge is -2.36. The van der Waals surface area contributed by atoms with Crippen LogP contribution in [0.4, 0.5) is 0 Å². The Hall–Kier alpha value is -1.83. The van der Waals surface area contributed by atoms with Crippen molar-refractivity contribution in [1.29, 1.82) is 0 Å². The fraction of sp³-hybridized carbons (Fsp3) is 0.632. The van der Waals surface area contributed by atoms with Gasteiger partial charge in [-0.25, -0.2) is 0 Å². The van der Waals surface area contributed by atoms with Crippen LogP contribution in [-0.4, -0.2) is 74.9 Å². The molecule has 0 bridgehead atoms. The van der Waals surface area contributed by atoms with E-state index in [-0.39, 0.29) is 18.1 Å². The van der Waals surface area contributed by atoms with Crippen LogP contribution in [0.3, 0.4) is 0 Å². The number of hydrogen-bond donors (Lipinski definition) is 1. The van der Waals surface area contributed by atoms with Gasteiger partial charge in [0.25, 0.3) is 5.91 Å². The van der Waals surface area contributed by atoms with Crippen molar-refractivity contribution in [2.45, 2.75) is 31.6 Å². The zero-order valence-electron chi connectivity index (χ0n) is 15.6. The average Bonchev–Trinajstić information content (AvgIpc) is 3.17. The van der Waals surface area contributed by atoms with E-state index in [2.05, 4.69) is 4.90 Å². The zero-order valence-corrected chi connectivity index (χ0v) is 15.6. The van der Waals surface area contributed by atoms with Crippen LogP contribution < -0.4 is 15.2 Å². The first-order valence-corrected chi connectivity index (χ1v) is 9.22. The molecule has 0 unspecified atom stereocenters. The Morgan fingerprint density at radius 3 is 2.58 bits per heavy atom. The second kappa shape index (κ2) is 8.70. The number of benzene rings is 1. The summed E-state index contributed by atoms with van der Waals surface area (Å²) in [6, 6.07) is 5.84. The minimum atomic E-state index is -0.312. The van der Waals surface area contributed by atoms with Crippen molar-refractivity contribution in [3.05, 3.63) is 23.8 Å². The molecular weight excluding hydrogens is 334 g/mol.